The maximum atomic E-state index is 3.28. The number of nitrogens with zero attached hydrogens (tertiary/aromatic N) is 1. The zero-order valence-electron chi connectivity index (χ0n) is 12.7. The number of piperidine rings is 1. The van der Waals surface area contributed by atoms with Gasteiger partial charge in [-0.3, -0.25) is 0 Å². The van der Waals surface area contributed by atoms with Gasteiger partial charge in [-0.2, -0.15) is 0 Å². The minimum atomic E-state index is 0.606. The number of para-hydroxylation sites is 1. The Hall–Kier alpha value is -1.02. The first-order valence-electron chi connectivity index (χ1n) is 7.72. The summed E-state index contributed by atoms with van der Waals surface area (Å²) in [5.74, 6) is 0. The molecule has 2 nitrogen and oxygen atoms in total. The summed E-state index contributed by atoms with van der Waals surface area (Å²) >= 11 is 0. The van der Waals surface area contributed by atoms with Gasteiger partial charge < -0.3 is 10.2 Å². The minimum Gasteiger partial charge on any atom is -0.371 e. The molecule has 106 valence electrons. The van der Waals surface area contributed by atoms with Crippen LogP contribution in [0.5, 0.6) is 0 Å². The highest BCUT2D eigenvalue weighted by molar-refractivity contribution is 5.54. The van der Waals surface area contributed by atoms with Gasteiger partial charge in [0.25, 0.3) is 0 Å². The van der Waals surface area contributed by atoms with Crippen molar-refractivity contribution in [2.75, 3.05) is 25.0 Å². The molecule has 1 N–H and O–H groups in total. The van der Waals surface area contributed by atoms with E-state index in [4.69, 9.17) is 0 Å². The Labute approximate surface area is 118 Å². The second-order valence-corrected chi connectivity index (χ2v) is 5.85. The molecule has 0 atom stereocenters. The molecule has 2 rings (SSSR count). The largest absolute Gasteiger partial charge is 0.371 e. The zero-order chi connectivity index (χ0) is 13.7. The smallest absolute Gasteiger partial charge is 0.0411 e. The molecule has 1 aromatic carbocycles. The molecule has 0 aromatic heterocycles. The van der Waals surface area contributed by atoms with E-state index in [1.54, 1.807) is 0 Å². The summed E-state index contributed by atoms with van der Waals surface area (Å²) in [5.41, 5.74) is 3.46. The fraction of sp³-hybridized carbons (Fsp3) is 0.647. The summed E-state index contributed by atoms with van der Waals surface area (Å²) in [7, 11) is 2.02. The average molecular weight is 260 g/mol. The topological polar surface area (TPSA) is 15.3 Å². The van der Waals surface area contributed by atoms with Crippen molar-refractivity contribution in [3.05, 3.63) is 29.8 Å². The number of benzene rings is 1. The van der Waals surface area contributed by atoms with Crippen LogP contribution in [0.25, 0.3) is 0 Å². The fourth-order valence-corrected chi connectivity index (χ4v) is 3.34. The summed E-state index contributed by atoms with van der Waals surface area (Å²) in [6, 6.07) is 8.82. The van der Waals surface area contributed by atoms with Gasteiger partial charge >= 0.3 is 0 Å². The first-order valence-corrected chi connectivity index (χ1v) is 7.72. The van der Waals surface area contributed by atoms with Crippen LogP contribution in [0.2, 0.25) is 0 Å². The minimum absolute atomic E-state index is 0.606. The molecule has 2 heteroatoms. The predicted molar refractivity (Wildman–Crippen MR) is 83.7 cm³/mol. The van der Waals surface area contributed by atoms with Gasteiger partial charge in [-0.15, -0.1) is 0 Å². The monoisotopic (exact) mass is 260 g/mol. The molecule has 0 bridgehead atoms. The Kier molecular flexibility index (Phi) is 4.87. The third-order valence-corrected chi connectivity index (χ3v) is 5.02. The molecule has 0 saturated carbocycles. The number of anilines is 1. The summed E-state index contributed by atoms with van der Waals surface area (Å²) in [5, 5.41) is 3.28. The number of rotatable bonds is 5. The first-order chi connectivity index (χ1) is 9.24. The Bertz CT molecular complexity index is 386. The van der Waals surface area contributed by atoms with E-state index in [-0.39, 0.29) is 0 Å². The second-order valence-electron chi connectivity index (χ2n) is 5.85. The SMILES string of the molecule is CCC1(CC)CCN(c2ccccc2CNC)CC1. The van der Waals surface area contributed by atoms with Crippen molar-refractivity contribution in [2.45, 2.75) is 46.1 Å². The molecule has 0 amide bonds. The van der Waals surface area contributed by atoms with E-state index in [0.29, 0.717) is 5.41 Å². The number of hydrogen-bond acceptors (Lipinski definition) is 2. The van der Waals surface area contributed by atoms with E-state index in [1.807, 2.05) is 7.05 Å². The van der Waals surface area contributed by atoms with Crippen LogP contribution >= 0.6 is 0 Å². The highest BCUT2D eigenvalue weighted by Crippen LogP contribution is 2.39. The van der Waals surface area contributed by atoms with Crippen molar-refractivity contribution in [3.63, 3.8) is 0 Å². The van der Waals surface area contributed by atoms with Gasteiger partial charge in [-0.05, 0) is 36.9 Å². The summed E-state index contributed by atoms with van der Waals surface area (Å²) in [6.07, 6.45) is 5.34. The Morgan fingerprint density at radius 1 is 1.11 bits per heavy atom. The second kappa shape index (κ2) is 6.42. The van der Waals surface area contributed by atoms with Crippen molar-refractivity contribution >= 4 is 5.69 Å². The van der Waals surface area contributed by atoms with E-state index in [2.05, 4.69) is 48.3 Å². The molecule has 0 spiro atoms. The van der Waals surface area contributed by atoms with Gasteiger partial charge in [-0.25, -0.2) is 0 Å². The van der Waals surface area contributed by atoms with Crippen LogP contribution in [0.4, 0.5) is 5.69 Å². The molecule has 1 heterocycles. The van der Waals surface area contributed by atoms with Crippen LogP contribution in [-0.2, 0) is 6.54 Å². The van der Waals surface area contributed by atoms with E-state index >= 15 is 0 Å². The molecule has 1 fully saturated rings. The lowest BCUT2D eigenvalue weighted by Gasteiger charge is -2.42. The Morgan fingerprint density at radius 3 is 2.32 bits per heavy atom. The van der Waals surface area contributed by atoms with Crippen LogP contribution in [0, 0.1) is 5.41 Å². The standard InChI is InChI=1S/C17H28N2/c1-4-17(5-2)10-12-19(13-11-17)16-9-7-6-8-15(16)14-18-3/h6-9,18H,4-5,10-14H2,1-3H3. The Morgan fingerprint density at radius 2 is 1.74 bits per heavy atom. The van der Waals surface area contributed by atoms with E-state index < -0.39 is 0 Å². The average Bonchev–Trinajstić information content (AvgIpc) is 2.48. The maximum absolute atomic E-state index is 3.28. The molecular weight excluding hydrogens is 232 g/mol. The molecule has 0 unspecified atom stereocenters. The van der Waals surface area contributed by atoms with E-state index in [9.17, 15) is 0 Å². The van der Waals surface area contributed by atoms with Gasteiger partial charge in [-0.1, -0.05) is 44.9 Å². The van der Waals surface area contributed by atoms with Crippen LogP contribution in [0.1, 0.15) is 45.1 Å². The molecule has 0 aliphatic carbocycles. The normalized spacial score (nSPS) is 18.6. The molecule has 1 aliphatic rings. The molecule has 1 aliphatic heterocycles. The van der Waals surface area contributed by atoms with Crippen LogP contribution in [0.15, 0.2) is 24.3 Å². The quantitative estimate of drug-likeness (QED) is 0.866. The van der Waals surface area contributed by atoms with Crippen molar-refractivity contribution in [1.29, 1.82) is 0 Å². The van der Waals surface area contributed by atoms with Crippen LogP contribution in [0.3, 0.4) is 0 Å². The van der Waals surface area contributed by atoms with Gasteiger partial charge in [0.05, 0.1) is 0 Å². The third-order valence-electron chi connectivity index (χ3n) is 5.02. The van der Waals surface area contributed by atoms with Gasteiger partial charge in [0, 0.05) is 25.3 Å². The van der Waals surface area contributed by atoms with Gasteiger partial charge in [0.1, 0.15) is 0 Å². The third kappa shape index (κ3) is 3.11. The highest BCUT2D eigenvalue weighted by atomic mass is 15.1. The van der Waals surface area contributed by atoms with Crippen molar-refractivity contribution in [1.82, 2.24) is 5.32 Å². The predicted octanol–water partition coefficient (Wildman–Crippen LogP) is 3.81. The van der Waals surface area contributed by atoms with Crippen molar-refractivity contribution in [3.8, 4) is 0 Å². The number of nitrogens with one attached hydrogen (secondary N) is 1. The lowest BCUT2D eigenvalue weighted by atomic mass is 9.74. The van der Waals surface area contributed by atoms with Crippen LogP contribution < -0.4 is 10.2 Å². The maximum Gasteiger partial charge on any atom is 0.0411 e. The highest BCUT2D eigenvalue weighted by Gasteiger charge is 2.31. The van der Waals surface area contributed by atoms with Gasteiger partial charge in [0.15, 0.2) is 0 Å². The zero-order valence-corrected chi connectivity index (χ0v) is 12.7. The van der Waals surface area contributed by atoms with Gasteiger partial charge in [0.2, 0.25) is 0 Å². The molecule has 0 radical (unpaired) electrons. The van der Waals surface area contributed by atoms with Crippen molar-refractivity contribution < 1.29 is 0 Å². The molecule has 19 heavy (non-hydrogen) atoms. The fourth-order valence-electron chi connectivity index (χ4n) is 3.34. The van der Waals surface area contributed by atoms with E-state index in [1.165, 1.54) is 50.0 Å². The lowest BCUT2D eigenvalue weighted by molar-refractivity contribution is 0.199. The Balaban J connectivity index is 2.09. The molecule has 1 saturated heterocycles. The number of hydrogen-bond donors (Lipinski definition) is 1. The first kappa shape index (κ1) is 14.4. The van der Waals surface area contributed by atoms with Crippen molar-refractivity contribution in [2.24, 2.45) is 5.41 Å². The van der Waals surface area contributed by atoms with Crippen LogP contribution in [-0.4, -0.2) is 20.1 Å². The summed E-state index contributed by atoms with van der Waals surface area (Å²) in [4.78, 5) is 2.58. The lowest BCUT2D eigenvalue weighted by Crippen LogP contribution is -2.40. The van der Waals surface area contributed by atoms with E-state index in [0.717, 1.165) is 6.54 Å². The molecule has 1 aromatic rings. The summed E-state index contributed by atoms with van der Waals surface area (Å²) < 4.78 is 0. The summed E-state index contributed by atoms with van der Waals surface area (Å²) in [6.45, 7) is 8.09. The molecular formula is C17H28N2.